The number of hydrogen-bond acceptors (Lipinski definition) is 6. The highest BCUT2D eigenvalue weighted by Gasteiger charge is 2.41. The highest BCUT2D eigenvalue weighted by Crippen LogP contribution is 2.36. The van der Waals surface area contributed by atoms with Crippen molar-refractivity contribution in [2.75, 3.05) is 13.2 Å². The number of aromatic nitrogens is 1. The van der Waals surface area contributed by atoms with E-state index in [1.54, 1.807) is 0 Å². The molecule has 154 valence electrons. The van der Waals surface area contributed by atoms with Gasteiger partial charge in [-0.05, 0) is 49.8 Å². The number of ether oxygens (including phenoxy) is 2. The lowest BCUT2D eigenvalue weighted by Gasteiger charge is -2.19. The largest absolute Gasteiger partial charge is 0.487 e. The molecule has 0 radical (unpaired) electrons. The number of rotatable bonds is 5. The second kappa shape index (κ2) is 8.94. The van der Waals surface area contributed by atoms with E-state index in [0.717, 1.165) is 34.9 Å². The fraction of sp³-hybridized carbons (Fsp3) is 0.500. The van der Waals surface area contributed by atoms with Crippen molar-refractivity contribution in [3.63, 3.8) is 0 Å². The van der Waals surface area contributed by atoms with Crippen LogP contribution >= 0.6 is 22.9 Å². The quantitative estimate of drug-likeness (QED) is 0.391. The molecule has 1 aromatic heterocycles. The Morgan fingerprint density at radius 2 is 2.14 bits per heavy atom. The van der Waals surface area contributed by atoms with Gasteiger partial charge in [0.25, 0.3) is 0 Å². The van der Waals surface area contributed by atoms with Crippen LogP contribution in [0.15, 0.2) is 35.6 Å². The second-order valence-corrected chi connectivity index (χ2v) is 9.49. The van der Waals surface area contributed by atoms with Gasteiger partial charge in [-0.1, -0.05) is 12.2 Å². The van der Waals surface area contributed by atoms with Crippen molar-refractivity contribution >= 4 is 34.5 Å². The van der Waals surface area contributed by atoms with Crippen molar-refractivity contribution in [3.8, 4) is 0 Å². The fourth-order valence-corrected chi connectivity index (χ4v) is 4.96. The molecule has 2 unspecified atom stereocenters. The zero-order valence-electron chi connectivity index (χ0n) is 16.4. The Bertz CT molecular complexity index is 895. The van der Waals surface area contributed by atoms with Crippen LogP contribution in [0.3, 0.4) is 0 Å². The molecule has 0 N–H and O–H groups in total. The van der Waals surface area contributed by atoms with Crippen LogP contribution in [0.4, 0.5) is 0 Å². The van der Waals surface area contributed by atoms with Gasteiger partial charge < -0.3 is 9.47 Å². The van der Waals surface area contributed by atoms with Crippen molar-refractivity contribution in [1.82, 2.24) is 4.98 Å². The number of halogens is 1. The van der Waals surface area contributed by atoms with Gasteiger partial charge in [0.05, 0.1) is 11.1 Å². The summed E-state index contributed by atoms with van der Waals surface area (Å²) in [6.45, 7) is 3.65. The summed E-state index contributed by atoms with van der Waals surface area (Å²) in [5.41, 5.74) is 1.23. The summed E-state index contributed by atoms with van der Waals surface area (Å²) >= 11 is 7.50. The lowest BCUT2D eigenvalue weighted by Crippen LogP contribution is -2.16. The Morgan fingerprint density at radius 3 is 2.86 bits per heavy atom. The SMILES string of the molecule is Cc1sc(COC2=CCC(Cl)C=C2)nc1C1C(=O)C/C(=C\C2CCOCC2)C1=O. The van der Waals surface area contributed by atoms with Crippen molar-refractivity contribution in [1.29, 1.82) is 0 Å². The van der Waals surface area contributed by atoms with Crippen molar-refractivity contribution in [3.05, 3.63) is 51.2 Å². The van der Waals surface area contributed by atoms with E-state index < -0.39 is 5.92 Å². The molecule has 3 aliphatic rings. The third-order valence-corrected chi connectivity index (χ3v) is 6.78. The molecule has 5 nitrogen and oxygen atoms in total. The molecule has 0 bridgehead atoms. The maximum Gasteiger partial charge on any atom is 0.175 e. The number of carbonyl (C=O) groups excluding carboxylic acids is 2. The molecular weight excluding hydrogens is 410 g/mol. The molecule has 1 saturated heterocycles. The van der Waals surface area contributed by atoms with Crippen LogP contribution in [0.1, 0.15) is 47.2 Å². The maximum atomic E-state index is 13.0. The first-order valence-electron chi connectivity index (χ1n) is 9.98. The smallest absolute Gasteiger partial charge is 0.175 e. The molecule has 2 heterocycles. The Kier molecular flexibility index (Phi) is 6.32. The number of ketones is 2. The normalized spacial score (nSPS) is 27.0. The van der Waals surface area contributed by atoms with Crippen LogP contribution in [-0.4, -0.2) is 35.1 Å². The molecule has 1 saturated carbocycles. The summed E-state index contributed by atoms with van der Waals surface area (Å²) in [6.07, 6.45) is 10.5. The van der Waals surface area contributed by atoms with E-state index >= 15 is 0 Å². The predicted molar refractivity (Wildman–Crippen MR) is 112 cm³/mol. The molecule has 0 amide bonds. The zero-order valence-corrected chi connectivity index (χ0v) is 17.9. The third kappa shape index (κ3) is 4.71. The molecular formula is C22H24ClNO4S. The summed E-state index contributed by atoms with van der Waals surface area (Å²) in [4.78, 5) is 31.1. The number of allylic oxidation sites excluding steroid dienone is 5. The first-order valence-corrected chi connectivity index (χ1v) is 11.2. The van der Waals surface area contributed by atoms with Gasteiger partial charge in [-0.2, -0.15) is 0 Å². The number of aryl methyl sites for hydroxylation is 1. The summed E-state index contributed by atoms with van der Waals surface area (Å²) in [5, 5.41) is 0.779. The number of alkyl halides is 1. The molecule has 29 heavy (non-hydrogen) atoms. The topological polar surface area (TPSA) is 65.5 Å². The lowest BCUT2D eigenvalue weighted by atomic mass is 9.95. The molecule has 7 heteroatoms. The fourth-order valence-electron chi connectivity index (χ4n) is 3.91. The third-order valence-electron chi connectivity index (χ3n) is 5.49. The first kappa shape index (κ1) is 20.5. The summed E-state index contributed by atoms with van der Waals surface area (Å²) in [5.74, 6) is 0.177. The molecule has 1 aliphatic heterocycles. The van der Waals surface area contributed by atoms with Gasteiger partial charge in [0, 0.05) is 24.5 Å². The van der Waals surface area contributed by atoms with Gasteiger partial charge >= 0.3 is 0 Å². The Hall–Kier alpha value is -1.76. The number of nitrogens with zero attached hydrogens (tertiary/aromatic N) is 1. The van der Waals surface area contributed by atoms with Gasteiger partial charge in [0.1, 0.15) is 23.3 Å². The zero-order chi connectivity index (χ0) is 20.4. The summed E-state index contributed by atoms with van der Waals surface area (Å²) in [6, 6.07) is 0. The van der Waals surface area contributed by atoms with Gasteiger partial charge in [0.2, 0.25) is 0 Å². The molecule has 0 spiro atoms. The average molecular weight is 434 g/mol. The van der Waals surface area contributed by atoms with Crippen LogP contribution in [0.2, 0.25) is 0 Å². The van der Waals surface area contributed by atoms with E-state index in [1.807, 2.05) is 31.2 Å². The van der Waals surface area contributed by atoms with Crippen LogP contribution in [0.25, 0.3) is 0 Å². The van der Waals surface area contributed by atoms with Crippen LogP contribution in [0.5, 0.6) is 0 Å². The number of Topliss-reactive ketones (excluding diaryl/α,β-unsaturated/α-hetero) is 2. The average Bonchev–Trinajstić information content (AvgIpc) is 3.20. The van der Waals surface area contributed by atoms with Crippen molar-refractivity contribution in [2.24, 2.45) is 5.92 Å². The standard InChI is InChI=1S/C22H24ClNO4S/c1-13-21(24-19(29-13)12-28-17-4-2-16(23)3-5-17)20-18(25)11-15(22(20)26)10-14-6-8-27-9-7-14/h2,4-5,10,14,16,20H,3,6-9,11-12H2,1H3/b15-10+. The van der Waals surface area contributed by atoms with Crippen LogP contribution in [0, 0.1) is 12.8 Å². The van der Waals surface area contributed by atoms with Crippen LogP contribution in [-0.2, 0) is 25.7 Å². The van der Waals surface area contributed by atoms with E-state index in [1.165, 1.54) is 11.3 Å². The van der Waals surface area contributed by atoms with Crippen molar-refractivity contribution < 1.29 is 19.1 Å². The van der Waals surface area contributed by atoms with Crippen LogP contribution < -0.4 is 0 Å². The Balaban J connectivity index is 1.45. The number of thiazole rings is 1. The molecule has 4 rings (SSSR count). The monoisotopic (exact) mass is 433 g/mol. The minimum Gasteiger partial charge on any atom is -0.487 e. The lowest BCUT2D eigenvalue weighted by molar-refractivity contribution is -0.123. The Labute approximate surface area is 179 Å². The molecule has 2 aliphatic carbocycles. The number of carbonyl (C=O) groups is 2. The minimum absolute atomic E-state index is 0.0128. The van der Waals surface area contributed by atoms with E-state index in [0.29, 0.717) is 37.0 Å². The summed E-state index contributed by atoms with van der Waals surface area (Å²) in [7, 11) is 0. The van der Waals surface area contributed by atoms with E-state index in [9.17, 15) is 9.59 Å². The second-order valence-electron chi connectivity index (χ2n) is 7.64. The van der Waals surface area contributed by atoms with Gasteiger partial charge in [0.15, 0.2) is 11.6 Å². The molecule has 2 atom stereocenters. The highest BCUT2D eigenvalue weighted by atomic mass is 35.5. The molecule has 1 aromatic rings. The van der Waals surface area contributed by atoms with Gasteiger partial charge in [-0.3, -0.25) is 9.59 Å². The predicted octanol–water partition coefficient (Wildman–Crippen LogP) is 4.40. The molecule has 2 fully saturated rings. The van der Waals surface area contributed by atoms with Crippen molar-refractivity contribution in [2.45, 2.75) is 50.5 Å². The first-order chi connectivity index (χ1) is 14.0. The maximum absolute atomic E-state index is 13.0. The highest BCUT2D eigenvalue weighted by molar-refractivity contribution is 7.11. The molecule has 0 aromatic carbocycles. The van der Waals surface area contributed by atoms with E-state index in [4.69, 9.17) is 21.1 Å². The van der Waals surface area contributed by atoms with E-state index in [-0.39, 0.29) is 23.4 Å². The van der Waals surface area contributed by atoms with E-state index in [2.05, 4.69) is 4.98 Å². The van der Waals surface area contributed by atoms with Gasteiger partial charge in [-0.25, -0.2) is 4.98 Å². The summed E-state index contributed by atoms with van der Waals surface area (Å²) < 4.78 is 11.2. The number of hydrogen-bond donors (Lipinski definition) is 0. The minimum atomic E-state index is -0.767. The Morgan fingerprint density at radius 1 is 1.34 bits per heavy atom. The van der Waals surface area contributed by atoms with Gasteiger partial charge in [-0.15, -0.1) is 22.9 Å².